The molecule has 2 atom stereocenters. The number of nitrogen functional groups attached to an aromatic ring is 1. The first-order valence-corrected chi connectivity index (χ1v) is 4.64. The zero-order valence-electron chi connectivity index (χ0n) is 8.71. The number of carboxylic acids is 1. The van der Waals surface area contributed by atoms with Crippen LogP contribution in [0.5, 0.6) is 5.75 Å². The number of hydrogen-bond acceptors (Lipinski definition) is 5. The number of carbonyl (C=O) groups is 1. The Balaban J connectivity index is 3.25. The Labute approximate surface area is 92.1 Å². The molecule has 0 saturated heterocycles. The lowest BCUT2D eigenvalue weighted by Crippen LogP contribution is -2.23. The number of aliphatic hydroxyl groups excluding tert-OH is 1. The molecule has 0 fully saturated rings. The van der Waals surface area contributed by atoms with Crippen molar-refractivity contribution < 1.29 is 20.1 Å². The van der Waals surface area contributed by atoms with Crippen LogP contribution in [0, 0.1) is 0 Å². The Morgan fingerprint density at radius 3 is 2.44 bits per heavy atom. The first-order valence-electron chi connectivity index (χ1n) is 4.64. The molecule has 0 amide bonds. The summed E-state index contributed by atoms with van der Waals surface area (Å²) in [6.45, 7) is 1.46. The summed E-state index contributed by atoms with van der Waals surface area (Å²) >= 11 is 0. The number of aliphatic hydroxyl groups is 1. The Bertz CT molecular complexity index is 418. The first-order chi connectivity index (χ1) is 7.34. The molecule has 16 heavy (non-hydrogen) atoms. The third kappa shape index (κ3) is 2.23. The van der Waals surface area contributed by atoms with Crippen molar-refractivity contribution in [2.45, 2.75) is 19.1 Å². The number of anilines is 1. The van der Waals surface area contributed by atoms with E-state index >= 15 is 0 Å². The number of hydrogen-bond donors (Lipinski definition) is 5. The number of aromatic carboxylic acids is 1. The van der Waals surface area contributed by atoms with Gasteiger partial charge in [0, 0.05) is 11.3 Å². The first kappa shape index (κ1) is 12.3. The molecule has 7 N–H and O–H groups in total. The second-order valence-electron chi connectivity index (χ2n) is 3.57. The summed E-state index contributed by atoms with van der Waals surface area (Å²) in [6, 6.07) is 1.47. The Morgan fingerprint density at radius 1 is 1.44 bits per heavy atom. The van der Waals surface area contributed by atoms with Crippen LogP contribution in [0.3, 0.4) is 0 Å². The minimum atomic E-state index is -1.23. The van der Waals surface area contributed by atoms with Gasteiger partial charge in [-0.2, -0.15) is 0 Å². The summed E-state index contributed by atoms with van der Waals surface area (Å²) in [5, 5.41) is 27.6. The number of carboxylic acid groups (broad SMARTS) is 1. The summed E-state index contributed by atoms with van der Waals surface area (Å²) in [6.07, 6.45) is -0.874. The van der Waals surface area contributed by atoms with Gasteiger partial charge in [-0.15, -0.1) is 0 Å². The van der Waals surface area contributed by atoms with E-state index in [1.807, 2.05) is 0 Å². The molecule has 6 heteroatoms. The van der Waals surface area contributed by atoms with E-state index < -0.39 is 18.1 Å². The summed E-state index contributed by atoms with van der Waals surface area (Å²) in [7, 11) is 0. The summed E-state index contributed by atoms with van der Waals surface area (Å²) in [5.41, 5.74) is 11.1. The van der Waals surface area contributed by atoms with E-state index in [2.05, 4.69) is 0 Å². The van der Waals surface area contributed by atoms with Crippen LogP contribution in [-0.2, 0) is 0 Å². The van der Waals surface area contributed by atoms with Crippen LogP contribution in [0.15, 0.2) is 12.1 Å². The molecule has 0 bridgehead atoms. The fraction of sp³-hybridized carbons (Fsp3) is 0.300. The Morgan fingerprint density at radius 2 is 2.00 bits per heavy atom. The third-order valence-corrected chi connectivity index (χ3v) is 2.31. The molecule has 1 aromatic carbocycles. The Kier molecular flexibility index (Phi) is 3.36. The third-order valence-electron chi connectivity index (χ3n) is 2.31. The van der Waals surface area contributed by atoms with Gasteiger partial charge in [-0.25, -0.2) is 4.79 Å². The van der Waals surface area contributed by atoms with Gasteiger partial charge in [0.1, 0.15) is 5.75 Å². The zero-order chi connectivity index (χ0) is 12.5. The van der Waals surface area contributed by atoms with E-state index in [0.717, 1.165) is 6.07 Å². The molecule has 0 aromatic heterocycles. The van der Waals surface area contributed by atoms with Crippen LogP contribution in [0.2, 0.25) is 0 Å². The number of phenolic OH excluding ortho intramolecular Hbond substituents is 1. The van der Waals surface area contributed by atoms with Crippen molar-refractivity contribution in [2.75, 3.05) is 5.73 Å². The lowest BCUT2D eigenvalue weighted by molar-refractivity contribution is 0.0697. The van der Waals surface area contributed by atoms with Gasteiger partial charge in [0.2, 0.25) is 0 Å². The van der Waals surface area contributed by atoms with Gasteiger partial charge < -0.3 is 26.8 Å². The topological polar surface area (TPSA) is 130 Å². The van der Waals surface area contributed by atoms with Crippen molar-refractivity contribution in [2.24, 2.45) is 5.73 Å². The fourth-order valence-corrected chi connectivity index (χ4v) is 1.33. The van der Waals surface area contributed by atoms with E-state index in [1.54, 1.807) is 0 Å². The highest BCUT2D eigenvalue weighted by Crippen LogP contribution is 2.29. The summed E-state index contributed by atoms with van der Waals surface area (Å²) < 4.78 is 0. The highest BCUT2D eigenvalue weighted by molar-refractivity contribution is 5.94. The monoisotopic (exact) mass is 226 g/mol. The second-order valence-corrected chi connectivity index (χ2v) is 3.57. The van der Waals surface area contributed by atoms with E-state index in [-0.39, 0.29) is 22.6 Å². The fourth-order valence-electron chi connectivity index (χ4n) is 1.33. The number of benzene rings is 1. The number of aromatic hydroxyl groups is 1. The van der Waals surface area contributed by atoms with Crippen molar-refractivity contribution in [3.05, 3.63) is 23.3 Å². The molecule has 1 aromatic rings. The van der Waals surface area contributed by atoms with Crippen LogP contribution < -0.4 is 11.5 Å². The molecule has 0 radical (unpaired) electrons. The number of phenols is 1. The van der Waals surface area contributed by atoms with Gasteiger partial charge >= 0.3 is 5.97 Å². The molecule has 0 spiro atoms. The molecule has 1 rings (SSSR count). The molecule has 0 aliphatic heterocycles. The standard InChI is InChI=1S/C10H14N2O4/c1-4(13)9(12)6-2-7(11)5(10(15)16)3-8(6)14/h2-4,9,13-14H,11-12H2,1H3,(H,15,16)/t4-,9+/m1/s1. The molecule has 0 aliphatic rings. The molecular formula is C10H14N2O4. The quantitative estimate of drug-likeness (QED) is 0.366. The van der Waals surface area contributed by atoms with Crippen molar-refractivity contribution in [1.82, 2.24) is 0 Å². The van der Waals surface area contributed by atoms with E-state index in [1.165, 1.54) is 13.0 Å². The van der Waals surface area contributed by atoms with Gasteiger partial charge in [0.25, 0.3) is 0 Å². The van der Waals surface area contributed by atoms with Gasteiger partial charge in [-0.1, -0.05) is 0 Å². The van der Waals surface area contributed by atoms with E-state index in [0.29, 0.717) is 0 Å². The minimum Gasteiger partial charge on any atom is -0.508 e. The van der Waals surface area contributed by atoms with Crippen LogP contribution >= 0.6 is 0 Å². The van der Waals surface area contributed by atoms with Crippen molar-refractivity contribution in [3.63, 3.8) is 0 Å². The summed E-state index contributed by atoms with van der Waals surface area (Å²) in [5.74, 6) is -1.52. The van der Waals surface area contributed by atoms with Gasteiger partial charge in [0.05, 0.1) is 17.7 Å². The average molecular weight is 226 g/mol. The lowest BCUT2D eigenvalue weighted by atomic mass is 9.99. The highest BCUT2D eigenvalue weighted by Gasteiger charge is 2.19. The summed E-state index contributed by atoms with van der Waals surface area (Å²) in [4.78, 5) is 10.7. The molecule has 6 nitrogen and oxygen atoms in total. The highest BCUT2D eigenvalue weighted by atomic mass is 16.4. The SMILES string of the molecule is C[C@@H](O)[C@H](N)c1cc(N)c(C(=O)O)cc1O. The molecule has 88 valence electrons. The van der Waals surface area contributed by atoms with E-state index in [4.69, 9.17) is 16.6 Å². The maximum atomic E-state index is 10.7. The van der Waals surface area contributed by atoms with E-state index in [9.17, 15) is 15.0 Å². The van der Waals surface area contributed by atoms with Crippen molar-refractivity contribution in [1.29, 1.82) is 0 Å². The predicted octanol–water partition coefficient (Wildman–Crippen LogP) is 0.0532. The van der Waals surface area contributed by atoms with Gasteiger partial charge in [0.15, 0.2) is 0 Å². The molecule has 0 unspecified atom stereocenters. The van der Waals surface area contributed by atoms with Gasteiger partial charge in [-0.05, 0) is 19.1 Å². The maximum absolute atomic E-state index is 10.7. The van der Waals surface area contributed by atoms with Crippen LogP contribution in [-0.4, -0.2) is 27.4 Å². The molecular weight excluding hydrogens is 212 g/mol. The van der Waals surface area contributed by atoms with Crippen LogP contribution in [0.4, 0.5) is 5.69 Å². The number of rotatable bonds is 3. The molecule has 0 saturated carbocycles. The largest absolute Gasteiger partial charge is 0.508 e. The molecule has 0 heterocycles. The van der Waals surface area contributed by atoms with Crippen molar-refractivity contribution in [3.8, 4) is 5.75 Å². The second kappa shape index (κ2) is 4.38. The number of nitrogens with two attached hydrogens (primary N) is 2. The Hall–Kier alpha value is -1.79. The molecule has 0 aliphatic carbocycles. The smallest absolute Gasteiger partial charge is 0.337 e. The van der Waals surface area contributed by atoms with Crippen LogP contribution in [0.25, 0.3) is 0 Å². The average Bonchev–Trinajstić information content (AvgIpc) is 2.19. The normalized spacial score (nSPS) is 14.4. The van der Waals surface area contributed by atoms with Crippen molar-refractivity contribution >= 4 is 11.7 Å². The minimum absolute atomic E-state index is 0.00333. The zero-order valence-corrected chi connectivity index (χ0v) is 8.71. The maximum Gasteiger partial charge on any atom is 0.337 e. The van der Waals surface area contributed by atoms with Gasteiger partial charge in [-0.3, -0.25) is 0 Å². The lowest BCUT2D eigenvalue weighted by Gasteiger charge is -2.17. The van der Waals surface area contributed by atoms with Crippen LogP contribution in [0.1, 0.15) is 28.9 Å². The predicted molar refractivity (Wildman–Crippen MR) is 58.1 cm³/mol.